The summed E-state index contributed by atoms with van der Waals surface area (Å²) in [5.41, 5.74) is 2.82. The Morgan fingerprint density at radius 3 is 3.00 bits per heavy atom. The van der Waals surface area contributed by atoms with Gasteiger partial charge in [0.2, 0.25) is 5.89 Å². The standard InChI is InChI=1S/C16H19N3O/c1-2-7-12-11(5-1)6-3-8-13(12)15-18-16(20-19-15)14-9-4-10-17-14/h1-2,5,7,13-14,17H,3-4,6,8-10H2/t13?,14-/m1/s1. The number of rotatable bonds is 2. The molecule has 2 aromatic rings. The molecule has 0 amide bonds. The van der Waals surface area contributed by atoms with Crippen LogP contribution in [0.5, 0.6) is 0 Å². The summed E-state index contributed by atoms with van der Waals surface area (Å²) in [6, 6.07) is 8.92. The van der Waals surface area contributed by atoms with Crippen molar-refractivity contribution in [1.82, 2.24) is 15.5 Å². The third-order valence-corrected chi connectivity index (χ3v) is 4.50. The first-order valence-corrected chi connectivity index (χ1v) is 7.56. The highest BCUT2D eigenvalue weighted by atomic mass is 16.5. The molecule has 1 unspecified atom stereocenters. The van der Waals surface area contributed by atoms with Gasteiger partial charge in [-0.2, -0.15) is 4.98 Å². The molecule has 1 aliphatic carbocycles. The lowest BCUT2D eigenvalue weighted by Crippen LogP contribution is -2.14. The molecule has 1 aromatic heterocycles. The molecule has 2 heterocycles. The predicted octanol–water partition coefficient (Wildman–Crippen LogP) is 2.96. The van der Waals surface area contributed by atoms with Gasteiger partial charge in [0.05, 0.1) is 6.04 Å². The molecule has 104 valence electrons. The van der Waals surface area contributed by atoms with Crippen molar-refractivity contribution < 1.29 is 4.52 Å². The normalized spacial score (nSPS) is 25.6. The molecule has 4 heteroatoms. The van der Waals surface area contributed by atoms with Gasteiger partial charge < -0.3 is 9.84 Å². The third-order valence-electron chi connectivity index (χ3n) is 4.50. The topological polar surface area (TPSA) is 51.0 Å². The number of aryl methyl sites for hydroxylation is 1. The Hall–Kier alpha value is -1.68. The Morgan fingerprint density at radius 2 is 2.10 bits per heavy atom. The van der Waals surface area contributed by atoms with Crippen LogP contribution >= 0.6 is 0 Å². The van der Waals surface area contributed by atoms with Gasteiger partial charge in [0, 0.05) is 5.92 Å². The Labute approximate surface area is 118 Å². The monoisotopic (exact) mass is 269 g/mol. The Bertz CT molecular complexity index is 601. The van der Waals surface area contributed by atoms with E-state index in [1.807, 2.05) is 0 Å². The number of fused-ring (bicyclic) bond motifs is 1. The molecule has 2 atom stereocenters. The fraction of sp³-hybridized carbons (Fsp3) is 0.500. The van der Waals surface area contributed by atoms with E-state index in [9.17, 15) is 0 Å². The van der Waals surface area contributed by atoms with Crippen LogP contribution in [-0.2, 0) is 6.42 Å². The van der Waals surface area contributed by atoms with Gasteiger partial charge in [0.1, 0.15) is 0 Å². The minimum absolute atomic E-state index is 0.259. The van der Waals surface area contributed by atoms with Gasteiger partial charge in [-0.15, -0.1) is 0 Å². The zero-order chi connectivity index (χ0) is 13.4. The van der Waals surface area contributed by atoms with E-state index in [1.54, 1.807) is 0 Å². The molecule has 1 aliphatic heterocycles. The highest BCUT2D eigenvalue weighted by molar-refractivity contribution is 5.36. The Balaban J connectivity index is 1.65. The van der Waals surface area contributed by atoms with Gasteiger partial charge in [-0.05, 0) is 49.8 Å². The lowest BCUT2D eigenvalue weighted by Gasteiger charge is -2.22. The first-order chi connectivity index (χ1) is 9.92. The van der Waals surface area contributed by atoms with E-state index in [-0.39, 0.29) is 6.04 Å². The first-order valence-electron chi connectivity index (χ1n) is 7.56. The molecular weight excluding hydrogens is 250 g/mol. The van der Waals surface area contributed by atoms with Crippen LogP contribution in [-0.4, -0.2) is 16.7 Å². The van der Waals surface area contributed by atoms with Crippen molar-refractivity contribution in [2.75, 3.05) is 6.54 Å². The lowest BCUT2D eigenvalue weighted by molar-refractivity contribution is 0.339. The SMILES string of the molecule is c1ccc2c(c1)CCCC2c1noc([C@H]2CCCN2)n1. The summed E-state index contributed by atoms with van der Waals surface area (Å²) in [4.78, 5) is 4.67. The molecule has 0 bridgehead atoms. The summed E-state index contributed by atoms with van der Waals surface area (Å²) in [7, 11) is 0. The Kier molecular flexibility index (Phi) is 3.03. The highest BCUT2D eigenvalue weighted by Gasteiger charge is 2.28. The second-order valence-electron chi connectivity index (χ2n) is 5.78. The molecule has 20 heavy (non-hydrogen) atoms. The van der Waals surface area contributed by atoms with Crippen molar-refractivity contribution in [3.63, 3.8) is 0 Å². The molecule has 0 saturated carbocycles. The molecule has 4 nitrogen and oxygen atoms in total. The minimum atomic E-state index is 0.259. The van der Waals surface area contributed by atoms with Gasteiger partial charge >= 0.3 is 0 Å². The maximum atomic E-state index is 5.49. The third kappa shape index (κ3) is 2.04. The van der Waals surface area contributed by atoms with E-state index in [0.29, 0.717) is 5.92 Å². The number of nitrogens with zero attached hydrogens (tertiary/aromatic N) is 2. The second-order valence-corrected chi connectivity index (χ2v) is 5.78. The molecule has 1 saturated heterocycles. The second kappa shape index (κ2) is 5.02. The van der Waals surface area contributed by atoms with Crippen molar-refractivity contribution >= 4 is 0 Å². The van der Waals surface area contributed by atoms with Crippen LogP contribution in [0.2, 0.25) is 0 Å². The largest absolute Gasteiger partial charge is 0.338 e. The summed E-state index contributed by atoms with van der Waals surface area (Å²) < 4.78 is 5.49. The molecule has 1 aromatic carbocycles. The average Bonchev–Trinajstić information content (AvgIpc) is 3.17. The summed E-state index contributed by atoms with van der Waals surface area (Å²) in [6.45, 7) is 1.05. The summed E-state index contributed by atoms with van der Waals surface area (Å²) in [6.07, 6.45) is 5.78. The maximum absolute atomic E-state index is 5.49. The zero-order valence-corrected chi connectivity index (χ0v) is 11.5. The average molecular weight is 269 g/mol. The van der Waals surface area contributed by atoms with E-state index >= 15 is 0 Å². The van der Waals surface area contributed by atoms with Crippen LogP contribution in [0.1, 0.15) is 60.5 Å². The number of aromatic nitrogens is 2. The van der Waals surface area contributed by atoms with Gasteiger partial charge in [-0.3, -0.25) is 0 Å². The molecule has 1 N–H and O–H groups in total. The van der Waals surface area contributed by atoms with E-state index in [1.165, 1.54) is 30.4 Å². The van der Waals surface area contributed by atoms with Crippen molar-refractivity contribution in [2.24, 2.45) is 0 Å². The highest BCUT2D eigenvalue weighted by Crippen LogP contribution is 2.35. The van der Waals surface area contributed by atoms with Crippen LogP contribution in [0.3, 0.4) is 0 Å². The predicted molar refractivity (Wildman–Crippen MR) is 75.5 cm³/mol. The van der Waals surface area contributed by atoms with Crippen molar-refractivity contribution in [2.45, 2.75) is 44.1 Å². The van der Waals surface area contributed by atoms with Crippen molar-refractivity contribution in [3.8, 4) is 0 Å². The number of hydrogen-bond donors (Lipinski definition) is 1. The van der Waals surface area contributed by atoms with Crippen molar-refractivity contribution in [3.05, 3.63) is 47.1 Å². The smallest absolute Gasteiger partial charge is 0.243 e. The summed E-state index contributed by atoms with van der Waals surface area (Å²) >= 11 is 0. The molecule has 4 rings (SSSR count). The van der Waals surface area contributed by atoms with Gasteiger partial charge in [0.15, 0.2) is 5.82 Å². The minimum Gasteiger partial charge on any atom is -0.338 e. The number of hydrogen-bond acceptors (Lipinski definition) is 4. The molecule has 0 spiro atoms. The quantitative estimate of drug-likeness (QED) is 0.910. The summed E-state index contributed by atoms with van der Waals surface area (Å²) in [5, 5.41) is 7.67. The van der Waals surface area contributed by atoms with Crippen LogP contribution in [0.4, 0.5) is 0 Å². The summed E-state index contributed by atoms with van der Waals surface area (Å²) in [5.74, 6) is 1.93. The fourth-order valence-electron chi connectivity index (χ4n) is 3.45. The number of nitrogens with one attached hydrogen (secondary N) is 1. The molecule has 2 aliphatic rings. The van der Waals surface area contributed by atoms with E-state index in [2.05, 4.69) is 39.7 Å². The van der Waals surface area contributed by atoms with E-state index in [0.717, 1.165) is 31.1 Å². The molecular formula is C16H19N3O. The fourth-order valence-corrected chi connectivity index (χ4v) is 3.45. The number of benzene rings is 1. The van der Waals surface area contributed by atoms with Crippen LogP contribution in [0, 0.1) is 0 Å². The zero-order valence-electron chi connectivity index (χ0n) is 11.5. The van der Waals surface area contributed by atoms with E-state index < -0.39 is 0 Å². The molecule has 0 radical (unpaired) electrons. The lowest BCUT2D eigenvalue weighted by atomic mass is 9.82. The first kappa shape index (κ1) is 12.1. The van der Waals surface area contributed by atoms with Gasteiger partial charge in [-0.25, -0.2) is 0 Å². The van der Waals surface area contributed by atoms with Gasteiger partial charge in [-0.1, -0.05) is 29.4 Å². The van der Waals surface area contributed by atoms with E-state index in [4.69, 9.17) is 4.52 Å². The van der Waals surface area contributed by atoms with Crippen LogP contribution in [0.25, 0.3) is 0 Å². The Morgan fingerprint density at radius 1 is 1.15 bits per heavy atom. The van der Waals surface area contributed by atoms with Gasteiger partial charge in [0.25, 0.3) is 0 Å². The maximum Gasteiger partial charge on any atom is 0.243 e. The van der Waals surface area contributed by atoms with Crippen LogP contribution < -0.4 is 5.32 Å². The van der Waals surface area contributed by atoms with Crippen molar-refractivity contribution in [1.29, 1.82) is 0 Å². The van der Waals surface area contributed by atoms with Crippen LogP contribution in [0.15, 0.2) is 28.8 Å². The molecule has 1 fully saturated rings.